The van der Waals surface area contributed by atoms with Crippen LogP contribution in [0.15, 0.2) is 65.7 Å². The maximum Gasteiger partial charge on any atom is 0.259 e. The number of hydrogen-bond acceptors (Lipinski definition) is 5. The quantitative estimate of drug-likeness (QED) is 0.573. The summed E-state index contributed by atoms with van der Waals surface area (Å²) < 4.78 is 39.7. The van der Waals surface area contributed by atoms with Gasteiger partial charge in [-0.2, -0.15) is 0 Å². The van der Waals surface area contributed by atoms with Gasteiger partial charge in [0.2, 0.25) is 0 Å². The molecule has 0 aromatic heterocycles. The molecule has 0 unspecified atom stereocenters. The van der Waals surface area contributed by atoms with Gasteiger partial charge in [-0.05, 0) is 42.5 Å². The van der Waals surface area contributed by atoms with E-state index in [1.54, 1.807) is 7.11 Å². The minimum Gasteiger partial charge on any atom is -0.497 e. The number of para-hydroxylation sites is 2. The third kappa shape index (κ3) is 3.88. The molecule has 33 heavy (non-hydrogen) atoms. The molecule has 2 aliphatic heterocycles. The van der Waals surface area contributed by atoms with E-state index in [1.165, 1.54) is 11.0 Å². The topological polar surface area (TPSA) is 54.4 Å². The number of fused-ring (bicyclic) bond motifs is 2. The Labute approximate surface area is 189 Å². The zero-order chi connectivity index (χ0) is 22.9. The third-order valence-electron chi connectivity index (χ3n) is 5.78. The van der Waals surface area contributed by atoms with Crippen molar-refractivity contribution in [2.75, 3.05) is 33.3 Å². The number of hydrogen-bond donors (Lipinski definition) is 0. The molecule has 0 radical (unpaired) electrons. The van der Waals surface area contributed by atoms with Crippen molar-refractivity contribution in [1.29, 1.82) is 0 Å². The van der Waals surface area contributed by atoms with Crippen LogP contribution >= 0.6 is 0 Å². The SMILES string of the molecule is COc1ccc2c(c1)C(N1CCN(C(=O)c3c(F)cccc3F)CC1)=Nc1ccccc1O2. The maximum atomic E-state index is 14.1. The Morgan fingerprint density at radius 2 is 1.67 bits per heavy atom. The van der Waals surface area contributed by atoms with Crippen molar-refractivity contribution >= 4 is 17.4 Å². The molecule has 0 bridgehead atoms. The highest BCUT2D eigenvalue weighted by Crippen LogP contribution is 2.39. The normalized spacial score (nSPS) is 15.1. The van der Waals surface area contributed by atoms with Gasteiger partial charge in [0.15, 0.2) is 5.75 Å². The molecule has 3 aromatic carbocycles. The summed E-state index contributed by atoms with van der Waals surface area (Å²) in [5.74, 6) is 0.284. The zero-order valence-electron chi connectivity index (χ0n) is 17.9. The molecule has 168 valence electrons. The lowest BCUT2D eigenvalue weighted by molar-refractivity contribution is 0.0682. The molecule has 0 aliphatic carbocycles. The van der Waals surface area contributed by atoms with Crippen LogP contribution in [0.4, 0.5) is 14.5 Å². The molecule has 0 saturated carbocycles. The average Bonchev–Trinajstić information content (AvgIpc) is 3.00. The van der Waals surface area contributed by atoms with E-state index >= 15 is 0 Å². The Kier molecular flexibility index (Phi) is 5.42. The van der Waals surface area contributed by atoms with Gasteiger partial charge in [0, 0.05) is 26.2 Å². The summed E-state index contributed by atoms with van der Waals surface area (Å²) in [5.41, 5.74) is 0.940. The van der Waals surface area contributed by atoms with Gasteiger partial charge in [0.05, 0.1) is 12.7 Å². The standard InChI is InChI=1S/C25H21F2N3O3/c1-32-16-9-10-21-17(15-16)24(28-20-7-2-3-8-22(20)33-21)29-11-13-30(14-12-29)25(31)23-18(26)5-4-6-19(23)27/h2-10,15H,11-14H2,1H3. The van der Waals surface area contributed by atoms with Gasteiger partial charge in [-0.15, -0.1) is 0 Å². The molecule has 2 aliphatic rings. The van der Waals surface area contributed by atoms with E-state index in [1.807, 2.05) is 47.4 Å². The molecule has 8 heteroatoms. The second kappa shape index (κ2) is 8.54. The van der Waals surface area contributed by atoms with Crippen LogP contribution in [-0.4, -0.2) is 54.8 Å². The largest absolute Gasteiger partial charge is 0.497 e. The van der Waals surface area contributed by atoms with Crippen LogP contribution in [0.25, 0.3) is 0 Å². The summed E-state index contributed by atoms with van der Waals surface area (Å²) in [6.45, 7) is 1.49. The summed E-state index contributed by atoms with van der Waals surface area (Å²) in [7, 11) is 1.59. The first-order valence-electron chi connectivity index (χ1n) is 10.6. The van der Waals surface area contributed by atoms with Crippen molar-refractivity contribution in [3.63, 3.8) is 0 Å². The van der Waals surface area contributed by atoms with E-state index in [2.05, 4.69) is 0 Å². The second-order valence-corrected chi connectivity index (χ2v) is 7.74. The average molecular weight is 449 g/mol. The van der Waals surface area contributed by atoms with Gasteiger partial charge < -0.3 is 19.3 Å². The Morgan fingerprint density at radius 3 is 2.39 bits per heavy atom. The molecule has 1 amide bonds. The highest BCUT2D eigenvalue weighted by Gasteiger charge is 2.30. The number of carbonyl (C=O) groups is 1. The summed E-state index contributed by atoms with van der Waals surface area (Å²) in [4.78, 5) is 21.2. The summed E-state index contributed by atoms with van der Waals surface area (Å²) in [6, 6.07) is 16.5. The minimum absolute atomic E-state index is 0.299. The number of aliphatic imine (C=N–C) groups is 1. The number of benzene rings is 3. The number of rotatable bonds is 2. The molecular weight excluding hydrogens is 428 g/mol. The summed E-state index contributed by atoms with van der Waals surface area (Å²) >= 11 is 0. The Hall–Kier alpha value is -3.94. The van der Waals surface area contributed by atoms with Crippen LogP contribution in [0.5, 0.6) is 17.2 Å². The smallest absolute Gasteiger partial charge is 0.259 e. The van der Waals surface area contributed by atoms with Gasteiger partial charge in [-0.25, -0.2) is 13.8 Å². The molecule has 3 aromatic rings. The van der Waals surface area contributed by atoms with E-state index < -0.39 is 23.1 Å². The van der Waals surface area contributed by atoms with E-state index in [4.69, 9.17) is 14.5 Å². The minimum atomic E-state index is -0.856. The van der Waals surface area contributed by atoms with Crippen LogP contribution in [0.1, 0.15) is 15.9 Å². The predicted molar refractivity (Wildman–Crippen MR) is 120 cm³/mol. The van der Waals surface area contributed by atoms with Crippen LogP contribution in [0, 0.1) is 11.6 Å². The van der Waals surface area contributed by atoms with Crippen LogP contribution < -0.4 is 9.47 Å². The van der Waals surface area contributed by atoms with Crippen molar-refractivity contribution in [3.8, 4) is 17.2 Å². The van der Waals surface area contributed by atoms with E-state index in [-0.39, 0.29) is 0 Å². The number of piperazine rings is 1. The van der Waals surface area contributed by atoms with Gasteiger partial charge in [-0.1, -0.05) is 18.2 Å². The van der Waals surface area contributed by atoms with E-state index in [0.29, 0.717) is 55.0 Å². The summed E-state index contributed by atoms with van der Waals surface area (Å²) in [6.07, 6.45) is 0. The van der Waals surface area contributed by atoms with Crippen LogP contribution in [-0.2, 0) is 0 Å². The first kappa shape index (κ1) is 20.9. The fourth-order valence-corrected chi connectivity index (χ4v) is 4.05. The third-order valence-corrected chi connectivity index (χ3v) is 5.78. The second-order valence-electron chi connectivity index (χ2n) is 7.74. The molecule has 2 heterocycles. The van der Waals surface area contributed by atoms with Gasteiger partial charge in [-0.3, -0.25) is 4.79 Å². The fraction of sp³-hybridized carbons (Fsp3) is 0.200. The van der Waals surface area contributed by atoms with Gasteiger partial charge in [0.1, 0.15) is 40.2 Å². The lowest BCUT2D eigenvalue weighted by atomic mass is 10.1. The monoisotopic (exact) mass is 449 g/mol. The Balaban J connectivity index is 1.44. The fourth-order valence-electron chi connectivity index (χ4n) is 4.05. The van der Waals surface area contributed by atoms with Crippen molar-refractivity contribution in [3.05, 3.63) is 83.4 Å². The molecule has 1 fully saturated rings. The lowest BCUT2D eigenvalue weighted by Gasteiger charge is -2.36. The van der Waals surface area contributed by atoms with Gasteiger partial charge in [0.25, 0.3) is 5.91 Å². The number of nitrogens with zero attached hydrogens (tertiary/aromatic N) is 3. The number of amidine groups is 1. The number of amides is 1. The summed E-state index contributed by atoms with van der Waals surface area (Å²) in [5, 5.41) is 0. The Bertz CT molecular complexity index is 1230. The molecule has 1 saturated heterocycles. The molecule has 6 nitrogen and oxygen atoms in total. The molecule has 0 atom stereocenters. The number of halogens is 2. The van der Waals surface area contributed by atoms with Gasteiger partial charge >= 0.3 is 0 Å². The van der Waals surface area contributed by atoms with E-state index in [9.17, 15) is 13.6 Å². The molecular formula is C25H21F2N3O3. The number of carbonyl (C=O) groups excluding carboxylic acids is 1. The lowest BCUT2D eigenvalue weighted by Crippen LogP contribution is -2.51. The first-order chi connectivity index (χ1) is 16.0. The predicted octanol–water partition coefficient (Wildman–Crippen LogP) is 4.62. The van der Waals surface area contributed by atoms with Crippen molar-refractivity contribution in [1.82, 2.24) is 9.80 Å². The van der Waals surface area contributed by atoms with Crippen molar-refractivity contribution in [2.24, 2.45) is 4.99 Å². The van der Waals surface area contributed by atoms with Crippen LogP contribution in [0.2, 0.25) is 0 Å². The molecule has 0 spiro atoms. The molecule has 5 rings (SSSR count). The molecule has 0 N–H and O–H groups in total. The number of ether oxygens (including phenoxy) is 2. The Morgan fingerprint density at radius 1 is 0.939 bits per heavy atom. The highest BCUT2D eigenvalue weighted by molar-refractivity contribution is 6.04. The van der Waals surface area contributed by atoms with E-state index in [0.717, 1.165) is 17.7 Å². The van der Waals surface area contributed by atoms with Crippen molar-refractivity contribution in [2.45, 2.75) is 0 Å². The maximum absolute atomic E-state index is 14.1. The first-order valence-corrected chi connectivity index (χ1v) is 10.6. The van der Waals surface area contributed by atoms with Crippen LogP contribution in [0.3, 0.4) is 0 Å². The zero-order valence-corrected chi connectivity index (χ0v) is 17.9. The highest BCUT2D eigenvalue weighted by atomic mass is 19.1. The van der Waals surface area contributed by atoms with Crippen molar-refractivity contribution < 1.29 is 23.0 Å². The number of methoxy groups -OCH3 is 1.